The van der Waals surface area contributed by atoms with E-state index >= 15 is 0 Å². The van der Waals surface area contributed by atoms with E-state index in [4.69, 9.17) is 0 Å². The van der Waals surface area contributed by atoms with Gasteiger partial charge in [0.2, 0.25) is 0 Å². The number of fused-ring (bicyclic) bond motifs is 2. The first-order chi connectivity index (χ1) is 10.3. The van der Waals surface area contributed by atoms with Gasteiger partial charge in [-0.25, -0.2) is 4.39 Å². The van der Waals surface area contributed by atoms with Crippen LogP contribution in [-0.2, 0) is 13.0 Å². The molecule has 3 heteroatoms. The van der Waals surface area contributed by atoms with Crippen LogP contribution in [0.25, 0.3) is 10.9 Å². The second kappa shape index (κ2) is 4.85. The number of pyridine rings is 1. The van der Waals surface area contributed by atoms with Crippen LogP contribution in [0.3, 0.4) is 0 Å². The summed E-state index contributed by atoms with van der Waals surface area (Å²) in [6.07, 6.45) is 2.80. The molecule has 0 fully saturated rings. The topological polar surface area (TPSA) is 16.1 Å². The van der Waals surface area contributed by atoms with Gasteiger partial charge in [-0.3, -0.25) is 4.98 Å². The molecular weight excluding hydrogens is 263 g/mol. The van der Waals surface area contributed by atoms with Gasteiger partial charge in [-0.05, 0) is 41.8 Å². The van der Waals surface area contributed by atoms with Crippen LogP contribution in [0.1, 0.15) is 11.1 Å². The van der Waals surface area contributed by atoms with E-state index in [9.17, 15) is 4.39 Å². The molecule has 2 heterocycles. The van der Waals surface area contributed by atoms with Crippen LogP contribution in [0.2, 0.25) is 0 Å². The standard InChI is InChI=1S/C18H15FN2/c19-16-8-7-14(18-15(16)5-3-10-20-18)12-21-11-9-13-4-1-2-6-17(13)21/h1-8,10H,9,11-12H2. The van der Waals surface area contributed by atoms with E-state index in [1.807, 2.05) is 6.07 Å². The first-order valence-corrected chi connectivity index (χ1v) is 7.18. The minimum absolute atomic E-state index is 0.205. The maximum Gasteiger partial charge on any atom is 0.132 e. The molecule has 0 saturated heterocycles. The second-order valence-corrected chi connectivity index (χ2v) is 5.41. The highest BCUT2D eigenvalue weighted by Gasteiger charge is 2.19. The Balaban J connectivity index is 1.75. The molecule has 0 amide bonds. The highest BCUT2D eigenvalue weighted by molar-refractivity contribution is 5.82. The van der Waals surface area contributed by atoms with Crippen LogP contribution in [-0.4, -0.2) is 11.5 Å². The predicted octanol–water partition coefficient (Wildman–Crippen LogP) is 3.94. The fourth-order valence-corrected chi connectivity index (χ4v) is 3.10. The van der Waals surface area contributed by atoms with E-state index in [0.29, 0.717) is 5.39 Å². The molecule has 1 aliphatic rings. The summed E-state index contributed by atoms with van der Waals surface area (Å²) in [6, 6.07) is 15.4. The second-order valence-electron chi connectivity index (χ2n) is 5.41. The first kappa shape index (κ1) is 12.3. The van der Waals surface area contributed by atoms with Crippen LogP contribution in [0.5, 0.6) is 0 Å². The Morgan fingerprint density at radius 3 is 2.90 bits per heavy atom. The molecule has 4 rings (SSSR count). The van der Waals surface area contributed by atoms with Crippen LogP contribution in [0.4, 0.5) is 10.1 Å². The van der Waals surface area contributed by atoms with E-state index < -0.39 is 0 Å². The molecule has 0 saturated carbocycles. The van der Waals surface area contributed by atoms with E-state index in [1.165, 1.54) is 11.3 Å². The van der Waals surface area contributed by atoms with Gasteiger partial charge in [0.15, 0.2) is 0 Å². The molecule has 0 bridgehead atoms. The SMILES string of the molecule is Fc1ccc(CN2CCc3ccccc32)c2ncccc12. The van der Waals surface area contributed by atoms with Gasteiger partial charge in [0.25, 0.3) is 0 Å². The summed E-state index contributed by atoms with van der Waals surface area (Å²) in [5.74, 6) is -0.205. The lowest BCUT2D eigenvalue weighted by Crippen LogP contribution is -2.20. The number of hydrogen-bond donors (Lipinski definition) is 0. The molecule has 0 radical (unpaired) electrons. The van der Waals surface area contributed by atoms with Crippen LogP contribution in [0.15, 0.2) is 54.7 Å². The van der Waals surface area contributed by atoms with Crippen LogP contribution >= 0.6 is 0 Å². The van der Waals surface area contributed by atoms with E-state index in [0.717, 1.165) is 30.6 Å². The minimum atomic E-state index is -0.205. The summed E-state index contributed by atoms with van der Waals surface area (Å²) >= 11 is 0. The predicted molar refractivity (Wildman–Crippen MR) is 82.9 cm³/mol. The average Bonchev–Trinajstić information content (AvgIpc) is 2.94. The molecule has 0 spiro atoms. The number of hydrogen-bond acceptors (Lipinski definition) is 2. The molecule has 0 unspecified atom stereocenters. The van der Waals surface area contributed by atoms with Gasteiger partial charge in [-0.2, -0.15) is 0 Å². The number of para-hydroxylation sites is 1. The zero-order chi connectivity index (χ0) is 14.2. The Morgan fingerprint density at radius 1 is 1.05 bits per heavy atom. The number of nitrogens with zero attached hydrogens (tertiary/aromatic N) is 2. The van der Waals surface area contributed by atoms with Gasteiger partial charge >= 0.3 is 0 Å². The van der Waals surface area contributed by atoms with Crippen molar-refractivity contribution in [3.63, 3.8) is 0 Å². The Morgan fingerprint density at radius 2 is 1.95 bits per heavy atom. The average molecular weight is 278 g/mol. The summed E-state index contributed by atoms with van der Waals surface area (Å²) in [6.45, 7) is 1.77. The smallest absolute Gasteiger partial charge is 0.132 e. The zero-order valence-electron chi connectivity index (χ0n) is 11.6. The van der Waals surface area contributed by atoms with Gasteiger partial charge in [-0.15, -0.1) is 0 Å². The van der Waals surface area contributed by atoms with Gasteiger partial charge in [-0.1, -0.05) is 24.3 Å². The van der Waals surface area contributed by atoms with Crippen molar-refractivity contribution in [1.82, 2.24) is 4.98 Å². The first-order valence-electron chi connectivity index (χ1n) is 7.18. The van der Waals surface area contributed by atoms with Crippen molar-refractivity contribution in [3.8, 4) is 0 Å². The Hall–Kier alpha value is -2.42. The molecule has 104 valence electrons. The summed E-state index contributed by atoms with van der Waals surface area (Å²) in [4.78, 5) is 6.72. The van der Waals surface area contributed by atoms with Gasteiger partial charge in [0.1, 0.15) is 5.82 Å². The molecule has 2 aromatic carbocycles. The highest BCUT2D eigenvalue weighted by Crippen LogP contribution is 2.30. The molecular formula is C18H15FN2. The van der Waals surface area contributed by atoms with Crippen LogP contribution in [0, 0.1) is 5.82 Å². The number of benzene rings is 2. The Labute approximate surface area is 122 Å². The Kier molecular flexibility index (Phi) is 2.85. The van der Waals surface area contributed by atoms with Crippen molar-refractivity contribution in [3.05, 3.63) is 71.7 Å². The van der Waals surface area contributed by atoms with Gasteiger partial charge in [0.05, 0.1) is 5.52 Å². The third-order valence-electron chi connectivity index (χ3n) is 4.14. The maximum atomic E-state index is 13.9. The molecule has 1 aliphatic heterocycles. The largest absolute Gasteiger partial charge is 0.367 e. The third-order valence-corrected chi connectivity index (χ3v) is 4.14. The molecule has 0 atom stereocenters. The lowest BCUT2D eigenvalue weighted by molar-refractivity contribution is 0.639. The van der Waals surface area contributed by atoms with Gasteiger partial charge < -0.3 is 4.90 Å². The Bertz CT molecular complexity index is 813. The third kappa shape index (κ3) is 2.05. The van der Waals surface area contributed by atoms with Crippen molar-refractivity contribution in [1.29, 1.82) is 0 Å². The van der Waals surface area contributed by atoms with Crippen molar-refractivity contribution in [2.45, 2.75) is 13.0 Å². The quantitative estimate of drug-likeness (QED) is 0.706. The molecule has 3 aromatic rings. The van der Waals surface area contributed by atoms with Crippen molar-refractivity contribution in [2.24, 2.45) is 0 Å². The number of rotatable bonds is 2. The highest BCUT2D eigenvalue weighted by atomic mass is 19.1. The van der Waals surface area contributed by atoms with E-state index in [-0.39, 0.29) is 5.82 Å². The lowest BCUT2D eigenvalue weighted by Gasteiger charge is -2.20. The summed E-state index contributed by atoms with van der Waals surface area (Å²) in [5, 5.41) is 0.600. The van der Waals surface area contributed by atoms with Gasteiger partial charge in [0, 0.05) is 30.4 Å². The normalized spacial score (nSPS) is 13.7. The monoisotopic (exact) mass is 278 g/mol. The number of halogens is 1. The number of anilines is 1. The fourth-order valence-electron chi connectivity index (χ4n) is 3.10. The molecule has 2 nitrogen and oxygen atoms in total. The molecule has 0 aliphatic carbocycles. The van der Waals surface area contributed by atoms with Crippen molar-refractivity contribution >= 4 is 16.6 Å². The summed E-state index contributed by atoms with van der Waals surface area (Å²) in [5.41, 5.74) is 4.51. The van der Waals surface area contributed by atoms with Crippen LogP contribution < -0.4 is 4.90 Å². The van der Waals surface area contributed by atoms with Crippen molar-refractivity contribution in [2.75, 3.05) is 11.4 Å². The fraction of sp³-hybridized carbons (Fsp3) is 0.167. The summed E-state index contributed by atoms with van der Waals surface area (Å²) in [7, 11) is 0. The lowest BCUT2D eigenvalue weighted by atomic mass is 10.1. The zero-order valence-corrected chi connectivity index (χ0v) is 11.6. The molecule has 1 aromatic heterocycles. The van der Waals surface area contributed by atoms with E-state index in [1.54, 1.807) is 24.4 Å². The molecule has 0 N–H and O–H groups in total. The summed E-state index contributed by atoms with van der Waals surface area (Å²) < 4.78 is 13.9. The minimum Gasteiger partial charge on any atom is -0.367 e. The van der Waals surface area contributed by atoms with Crippen molar-refractivity contribution < 1.29 is 4.39 Å². The maximum absolute atomic E-state index is 13.9. The number of aromatic nitrogens is 1. The van der Waals surface area contributed by atoms with E-state index in [2.05, 4.69) is 34.1 Å². The molecule has 21 heavy (non-hydrogen) atoms.